The summed E-state index contributed by atoms with van der Waals surface area (Å²) in [7, 11) is 1.92. The summed E-state index contributed by atoms with van der Waals surface area (Å²) in [6, 6.07) is 16.6. The van der Waals surface area contributed by atoms with E-state index in [0.29, 0.717) is 19.4 Å². The van der Waals surface area contributed by atoms with E-state index in [4.69, 9.17) is 0 Å². The minimum Gasteiger partial charge on any atom is -0.352 e. The molecule has 2 aromatic carbocycles. The number of benzene rings is 2. The van der Waals surface area contributed by atoms with Crippen LogP contribution in [0.4, 0.5) is 0 Å². The SMILES string of the molecule is Cc1ccc(CNC(=O)CCc2cn(C)nc2-c2ccc(C)cc2)cc1. The molecule has 0 radical (unpaired) electrons. The fourth-order valence-electron chi connectivity index (χ4n) is 2.92. The van der Waals surface area contributed by atoms with Crippen molar-refractivity contribution in [2.24, 2.45) is 7.05 Å². The van der Waals surface area contributed by atoms with Gasteiger partial charge in [0.2, 0.25) is 5.91 Å². The van der Waals surface area contributed by atoms with E-state index < -0.39 is 0 Å². The topological polar surface area (TPSA) is 46.9 Å². The average molecular weight is 347 g/mol. The fraction of sp³-hybridized carbons (Fsp3) is 0.273. The first-order valence-corrected chi connectivity index (χ1v) is 8.93. The number of nitrogens with zero attached hydrogens (tertiary/aromatic N) is 2. The van der Waals surface area contributed by atoms with E-state index in [2.05, 4.69) is 60.7 Å². The Morgan fingerprint density at radius 3 is 2.27 bits per heavy atom. The van der Waals surface area contributed by atoms with Gasteiger partial charge in [-0.1, -0.05) is 59.7 Å². The first-order chi connectivity index (χ1) is 12.5. The van der Waals surface area contributed by atoms with Crippen LogP contribution in [-0.4, -0.2) is 15.7 Å². The summed E-state index contributed by atoms with van der Waals surface area (Å²) in [5, 5.41) is 7.57. The maximum absolute atomic E-state index is 12.2. The molecule has 0 saturated heterocycles. The van der Waals surface area contributed by atoms with Crippen molar-refractivity contribution >= 4 is 5.91 Å². The van der Waals surface area contributed by atoms with Gasteiger partial charge < -0.3 is 5.32 Å². The zero-order valence-electron chi connectivity index (χ0n) is 15.6. The van der Waals surface area contributed by atoms with Crippen LogP contribution in [0.15, 0.2) is 54.7 Å². The predicted octanol–water partition coefficient (Wildman–Crippen LogP) is 3.95. The van der Waals surface area contributed by atoms with Gasteiger partial charge in [0.1, 0.15) is 0 Å². The first kappa shape index (κ1) is 17.9. The van der Waals surface area contributed by atoms with Gasteiger partial charge >= 0.3 is 0 Å². The zero-order valence-corrected chi connectivity index (χ0v) is 15.6. The van der Waals surface area contributed by atoms with Crippen molar-refractivity contribution in [2.45, 2.75) is 33.2 Å². The lowest BCUT2D eigenvalue weighted by molar-refractivity contribution is -0.121. The van der Waals surface area contributed by atoms with Crippen molar-refractivity contribution in [3.63, 3.8) is 0 Å². The second-order valence-corrected chi connectivity index (χ2v) is 6.80. The van der Waals surface area contributed by atoms with Gasteiger partial charge in [-0.15, -0.1) is 0 Å². The molecular formula is C22H25N3O. The van der Waals surface area contributed by atoms with Gasteiger partial charge in [0, 0.05) is 31.8 Å². The van der Waals surface area contributed by atoms with Gasteiger partial charge in [-0.25, -0.2) is 0 Å². The lowest BCUT2D eigenvalue weighted by Crippen LogP contribution is -2.23. The van der Waals surface area contributed by atoms with Crippen LogP contribution in [-0.2, 0) is 24.8 Å². The maximum Gasteiger partial charge on any atom is 0.220 e. The molecule has 26 heavy (non-hydrogen) atoms. The molecule has 0 atom stereocenters. The predicted molar refractivity (Wildman–Crippen MR) is 105 cm³/mol. The molecule has 0 aliphatic rings. The summed E-state index contributed by atoms with van der Waals surface area (Å²) in [4.78, 5) is 12.2. The van der Waals surface area contributed by atoms with Crippen LogP contribution in [0.1, 0.15) is 28.7 Å². The van der Waals surface area contributed by atoms with E-state index in [-0.39, 0.29) is 5.91 Å². The third-order valence-electron chi connectivity index (χ3n) is 4.46. The van der Waals surface area contributed by atoms with E-state index in [9.17, 15) is 4.79 Å². The number of rotatable bonds is 6. The quantitative estimate of drug-likeness (QED) is 0.734. The van der Waals surface area contributed by atoms with Crippen molar-refractivity contribution in [2.75, 3.05) is 0 Å². The summed E-state index contributed by atoms with van der Waals surface area (Å²) in [5.41, 5.74) is 6.71. The molecule has 1 aromatic heterocycles. The first-order valence-electron chi connectivity index (χ1n) is 8.93. The van der Waals surface area contributed by atoms with Crippen molar-refractivity contribution in [1.82, 2.24) is 15.1 Å². The van der Waals surface area contributed by atoms with Gasteiger partial charge in [-0.3, -0.25) is 9.48 Å². The van der Waals surface area contributed by atoms with Gasteiger partial charge in [0.25, 0.3) is 0 Å². The molecule has 1 heterocycles. The van der Waals surface area contributed by atoms with E-state index in [1.54, 1.807) is 0 Å². The Bertz CT molecular complexity index is 877. The van der Waals surface area contributed by atoms with Crippen LogP contribution < -0.4 is 5.32 Å². The number of aromatic nitrogens is 2. The summed E-state index contributed by atoms with van der Waals surface area (Å²) in [5.74, 6) is 0.0595. The number of aryl methyl sites for hydroxylation is 4. The normalized spacial score (nSPS) is 10.7. The lowest BCUT2D eigenvalue weighted by Gasteiger charge is -2.06. The van der Waals surface area contributed by atoms with Gasteiger partial charge in [0.15, 0.2) is 0 Å². The van der Waals surface area contributed by atoms with Crippen molar-refractivity contribution < 1.29 is 4.79 Å². The minimum absolute atomic E-state index is 0.0595. The molecule has 0 fully saturated rings. The Kier molecular flexibility index (Phi) is 5.52. The molecule has 1 amide bonds. The number of nitrogens with one attached hydrogen (secondary N) is 1. The highest BCUT2D eigenvalue weighted by Gasteiger charge is 2.12. The third kappa shape index (κ3) is 4.60. The largest absolute Gasteiger partial charge is 0.352 e. The Morgan fingerprint density at radius 2 is 1.62 bits per heavy atom. The molecule has 0 aliphatic heterocycles. The molecule has 4 heteroatoms. The molecule has 134 valence electrons. The highest BCUT2D eigenvalue weighted by Crippen LogP contribution is 2.23. The van der Waals surface area contributed by atoms with Crippen LogP contribution in [0.5, 0.6) is 0 Å². The molecule has 0 bridgehead atoms. The van der Waals surface area contributed by atoms with Gasteiger partial charge in [-0.2, -0.15) is 5.10 Å². The Morgan fingerprint density at radius 1 is 1.00 bits per heavy atom. The molecule has 0 spiro atoms. The van der Waals surface area contributed by atoms with Gasteiger partial charge in [-0.05, 0) is 31.4 Å². The number of hydrogen-bond acceptors (Lipinski definition) is 2. The maximum atomic E-state index is 12.2. The Labute approximate surface area is 154 Å². The molecule has 3 aromatic rings. The van der Waals surface area contributed by atoms with Crippen LogP contribution >= 0.6 is 0 Å². The van der Waals surface area contributed by atoms with Crippen molar-refractivity contribution in [1.29, 1.82) is 0 Å². The zero-order chi connectivity index (χ0) is 18.5. The molecule has 0 unspecified atom stereocenters. The van der Waals surface area contributed by atoms with E-state index >= 15 is 0 Å². The summed E-state index contributed by atoms with van der Waals surface area (Å²) >= 11 is 0. The fourth-order valence-corrected chi connectivity index (χ4v) is 2.92. The van der Waals surface area contributed by atoms with E-state index in [1.165, 1.54) is 11.1 Å². The second-order valence-electron chi connectivity index (χ2n) is 6.80. The van der Waals surface area contributed by atoms with E-state index in [0.717, 1.165) is 22.4 Å². The standard InChI is InChI=1S/C22H25N3O/c1-16-4-8-18(9-5-16)14-23-21(26)13-12-20-15-25(3)24-22(20)19-10-6-17(2)7-11-19/h4-11,15H,12-14H2,1-3H3,(H,23,26). The van der Waals surface area contributed by atoms with Crippen LogP contribution in [0.25, 0.3) is 11.3 Å². The number of amides is 1. The number of hydrogen-bond donors (Lipinski definition) is 1. The molecule has 3 rings (SSSR count). The summed E-state index contributed by atoms with van der Waals surface area (Å²) in [6.45, 7) is 4.69. The lowest BCUT2D eigenvalue weighted by atomic mass is 10.0. The molecule has 0 saturated carbocycles. The van der Waals surface area contributed by atoms with Crippen molar-refractivity contribution in [3.05, 3.63) is 77.0 Å². The van der Waals surface area contributed by atoms with Crippen LogP contribution in [0.2, 0.25) is 0 Å². The second kappa shape index (κ2) is 8.00. The average Bonchev–Trinajstić information content (AvgIpc) is 3.01. The summed E-state index contributed by atoms with van der Waals surface area (Å²) < 4.78 is 1.81. The molecular weight excluding hydrogens is 322 g/mol. The van der Waals surface area contributed by atoms with Crippen LogP contribution in [0, 0.1) is 13.8 Å². The molecule has 1 N–H and O–H groups in total. The third-order valence-corrected chi connectivity index (χ3v) is 4.46. The molecule has 0 aliphatic carbocycles. The number of carbonyl (C=O) groups is 1. The Hall–Kier alpha value is -2.88. The van der Waals surface area contributed by atoms with Crippen LogP contribution in [0.3, 0.4) is 0 Å². The highest BCUT2D eigenvalue weighted by atomic mass is 16.1. The summed E-state index contributed by atoms with van der Waals surface area (Å²) in [6.07, 6.45) is 3.13. The Balaban J connectivity index is 1.60. The van der Waals surface area contributed by atoms with Crippen molar-refractivity contribution in [3.8, 4) is 11.3 Å². The number of carbonyl (C=O) groups excluding carboxylic acids is 1. The van der Waals surface area contributed by atoms with Gasteiger partial charge in [0.05, 0.1) is 5.69 Å². The monoisotopic (exact) mass is 347 g/mol. The smallest absolute Gasteiger partial charge is 0.220 e. The highest BCUT2D eigenvalue weighted by molar-refractivity contribution is 5.76. The molecule has 4 nitrogen and oxygen atoms in total. The van der Waals surface area contributed by atoms with E-state index in [1.807, 2.05) is 30.1 Å². The minimum atomic E-state index is 0.0595.